The fraction of sp³-hybridized carbons (Fsp3) is 1.00. The van der Waals surface area contributed by atoms with Crippen molar-refractivity contribution in [1.82, 2.24) is 0 Å². The van der Waals surface area contributed by atoms with Gasteiger partial charge in [0.05, 0.1) is 0 Å². The summed E-state index contributed by atoms with van der Waals surface area (Å²) in [6.07, 6.45) is 4.99. The summed E-state index contributed by atoms with van der Waals surface area (Å²) in [5.41, 5.74) is 6.44. The summed E-state index contributed by atoms with van der Waals surface area (Å²) in [6.45, 7) is 1.88. The molecule has 2 nitrogen and oxygen atoms in total. The van der Waals surface area contributed by atoms with Crippen molar-refractivity contribution in [2.45, 2.75) is 31.7 Å². The number of halogens is 1. The Hall–Kier alpha value is 0.210. The first-order chi connectivity index (χ1) is 4.83. The number of hydrogen-bond donors (Lipinski definition) is 1. The van der Waals surface area contributed by atoms with Gasteiger partial charge in [-0.05, 0) is 31.1 Å². The van der Waals surface area contributed by atoms with E-state index in [1.165, 1.54) is 25.7 Å². The van der Waals surface area contributed by atoms with Crippen molar-refractivity contribution in [3.63, 3.8) is 0 Å². The molecule has 0 amide bonds. The van der Waals surface area contributed by atoms with Crippen LogP contribution in [0.1, 0.15) is 25.7 Å². The maximum Gasteiger partial charge on any atom is 0.0471 e. The van der Waals surface area contributed by atoms with Crippen LogP contribution < -0.4 is 5.73 Å². The van der Waals surface area contributed by atoms with Gasteiger partial charge in [-0.15, -0.1) is 12.4 Å². The van der Waals surface area contributed by atoms with E-state index in [4.69, 9.17) is 10.5 Å². The molecule has 2 fully saturated rings. The second kappa shape index (κ2) is 3.30. The molecule has 1 aliphatic carbocycles. The van der Waals surface area contributed by atoms with Gasteiger partial charge < -0.3 is 10.5 Å². The van der Waals surface area contributed by atoms with E-state index in [0.717, 1.165) is 13.2 Å². The van der Waals surface area contributed by atoms with E-state index < -0.39 is 0 Å². The second-order valence-electron chi connectivity index (χ2n) is 3.62. The smallest absolute Gasteiger partial charge is 0.0471 e. The number of hydrogen-bond acceptors (Lipinski definition) is 2. The first kappa shape index (κ1) is 9.30. The summed E-state index contributed by atoms with van der Waals surface area (Å²) in [6, 6.07) is 0.483. The van der Waals surface area contributed by atoms with Crippen LogP contribution in [0.3, 0.4) is 0 Å². The average Bonchev–Trinajstić information content (AvgIpc) is 2.04. The van der Waals surface area contributed by atoms with Gasteiger partial charge >= 0.3 is 0 Å². The van der Waals surface area contributed by atoms with Crippen LogP contribution in [-0.2, 0) is 4.74 Å². The highest BCUT2D eigenvalue weighted by Gasteiger charge is 2.44. The van der Waals surface area contributed by atoms with Crippen LogP contribution in [0.5, 0.6) is 0 Å². The summed E-state index contributed by atoms with van der Waals surface area (Å²) in [4.78, 5) is 0. The third kappa shape index (κ3) is 1.40. The largest absolute Gasteiger partial charge is 0.381 e. The zero-order valence-electron chi connectivity index (χ0n) is 6.71. The van der Waals surface area contributed by atoms with Gasteiger partial charge in [-0.2, -0.15) is 0 Å². The third-order valence-corrected chi connectivity index (χ3v) is 3.23. The molecule has 1 heterocycles. The minimum Gasteiger partial charge on any atom is -0.381 e. The van der Waals surface area contributed by atoms with Gasteiger partial charge in [0.25, 0.3) is 0 Å². The summed E-state index contributed by atoms with van der Waals surface area (Å²) < 4.78 is 5.29. The normalized spacial score (nSPS) is 34.1. The summed E-state index contributed by atoms with van der Waals surface area (Å²) in [5, 5.41) is 0. The zero-order chi connectivity index (χ0) is 7.03. The highest BCUT2D eigenvalue weighted by molar-refractivity contribution is 5.85. The van der Waals surface area contributed by atoms with Gasteiger partial charge in [0, 0.05) is 19.3 Å². The molecule has 2 aliphatic rings. The van der Waals surface area contributed by atoms with Gasteiger partial charge in [0.15, 0.2) is 0 Å². The molecule has 2 N–H and O–H groups in total. The fourth-order valence-corrected chi connectivity index (χ4v) is 2.12. The molecular weight excluding hydrogens is 162 g/mol. The molecule has 0 aromatic heterocycles. The van der Waals surface area contributed by atoms with Gasteiger partial charge in [-0.1, -0.05) is 0 Å². The van der Waals surface area contributed by atoms with Crippen molar-refractivity contribution in [3.05, 3.63) is 0 Å². The van der Waals surface area contributed by atoms with E-state index in [2.05, 4.69) is 0 Å². The monoisotopic (exact) mass is 177 g/mol. The van der Waals surface area contributed by atoms with E-state index in [0.29, 0.717) is 11.5 Å². The Kier molecular flexibility index (Phi) is 2.79. The van der Waals surface area contributed by atoms with Crippen LogP contribution in [0.4, 0.5) is 0 Å². The van der Waals surface area contributed by atoms with E-state index in [-0.39, 0.29) is 12.4 Å². The third-order valence-electron chi connectivity index (χ3n) is 3.23. The van der Waals surface area contributed by atoms with E-state index in [9.17, 15) is 0 Å². The van der Waals surface area contributed by atoms with Crippen LogP contribution in [0.2, 0.25) is 0 Å². The molecule has 3 heteroatoms. The van der Waals surface area contributed by atoms with Crippen LogP contribution in [-0.4, -0.2) is 19.3 Å². The van der Waals surface area contributed by atoms with Crippen LogP contribution in [0, 0.1) is 5.41 Å². The number of ether oxygens (including phenoxy) is 1. The summed E-state index contributed by atoms with van der Waals surface area (Å²) >= 11 is 0. The van der Waals surface area contributed by atoms with Crippen molar-refractivity contribution in [2.75, 3.05) is 13.2 Å². The molecule has 11 heavy (non-hydrogen) atoms. The predicted molar refractivity (Wildman–Crippen MR) is 46.9 cm³/mol. The Morgan fingerprint density at radius 2 is 1.82 bits per heavy atom. The minimum absolute atomic E-state index is 0. The Bertz CT molecular complexity index is 134. The minimum atomic E-state index is 0. The topological polar surface area (TPSA) is 35.2 Å². The molecule has 1 saturated carbocycles. The standard InChI is InChI=1S/C8H15NO.ClH/c9-7-1-2-8(7)3-5-10-6-4-8;/h7H,1-6,9H2;1H. The Labute approximate surface area is 73.9 Å². The molecule has 0 bridgehead atoms. The zero-order valence-corrected chi connectivity index (χ0v) is 7.53. The van der Waals surface area contributed by atoms with Gasteiger partial charge in [0.2, 0.25) is 0 Å². The van der Waals surface area contributed by atoms with Crippen LogP contribution in [0.25, 0.3) is 0 Å². The Balaban J connectivity index is 0.000000605. The molecule has 0 aromatic rings. The van der Waals surface area contributed by atoms with E-state index in [1.54, 1.807) is 0 Å². The molecule has 1 unspecified atom stereocenters. The molecule has 1 aliphatic heterocycles. The van der Waals surface area contributed by atoms with Crippen molar-refractivity contribution in [1.29, 1.82) is 0 Å². The lowest BCUT2D eigenvalue weighted by atomic mass is 9.60. The predicted octanol–water partition coefficient (Wildman–Crippen LogP) is 1.33. The number of rotatable bonds is 0. The van der Waals surface area contributed by atoms with Crippen molar-refractivity contribution < 1.29 is 4.74 Å². The van der Waals surface area contributed by atoms with Crippen molar-refractivity contribution in [3.8, 4) is 0 Å². The first-order valence-electron chi connectivity index (χ1n) is 4.17. The number of nitrogens with two attached hydrogens (primary N) is 1. The molecule has 0 radical (unpaired) electrons. The second-order valence-corrected chi connectivity index (χ2v) is 3.62. The van der Waals surface area contributed by atoms with Gasteiger partial charge in [-0.3, -0.25) is 0 Å². The quantitative estimate of drug-likeness (QED) is 0.606. The molecule has 1 saturated heterocycles. The van der Waals surface area contributed by atoms with Gasteiger partial charge in [0.1, 0.15) is 0 Å². The van der Waals surface area contributed by atoms with Crippen molar-refractivity contribution >= 4 is 12.4 Å². The maximum absolute atomic E-state index is 5.93. The maximum atomic E-state index is 5.93. The lowest BCUT2D eigenvalue weighted by Crippen LogP contribution is -2.53. The summed E-state index contributed by atoms with van der Waals surface area (Å²) in [7, 11) is 0. The van der Waals surface area contributed by atoms with E-state index in [1.807, 2.05) is 0 Å². The van der Waals surface area contributed by atoms with Crippen molar-refractivity contribution in [2.24, 2.45) is 11.1 Å². The highest BCUT2D eigenvalue weighted by atomic mass is 35.5. The lowest BCUT2D eigenvalue weighted by molar-refractivity contribution is -0.0435. The molecule has 1 atom stereocenters. The SMILES string of the molecule is Cl.NC1CCC12CCOCC2. The lowest BCUT2D eigenvalue weighted by Gasteiger charge is -2.50. The van der Waals surface area contributed by atoms with Crippen LogP contribution in [0.15, 0.2) is 0 Å². The molecule has 2 rings (SSSR count). The molecule has 66 valence electrons. The summed E-state index contributed by atoms with van der Waals surface area (Å²) in [5.74, 6) is 0. The molecular formula is C8H16ClNO. The fourth-order valence-electron chi connectivity index (χ4n) is 2.12. The molecule has 1 spiro atoms. The average molecular weight is 178 g/mol. The highest BCUT2D eigenvalue weighted by Crippen LogP contribution is 2.47. The Morgan fingerprint density at radius 3 is 2.09 bits per heavy atom. The Morgan fingerprint density at radius 1 is 1.18 bits per heavy atom. The first-order valence-corrected chi connectivity index (χ1v) is 4.17. The molecule has 0 aromatic carbocycles. The van der Waals surface area contributed by atoms with Crippen LogP contribution >= 0.6 is 12.4 Å². The van der Waals surface area contributed by atoms with E-state index >= 15 is 0 Å². The van der Waals surface area contributed by atoms with Gasteiger partial charge in [-0.25, -0.2) is 0 Å².